The predicted octanol–water partition coefficient (Wildman–Crippen LogP) is 2.68. The Balaban J connectivity index is 2.18. The van der Waals surface area contributed by atoms with Gasteiger partial charge in [-0.2, -0.15) is 0 Å². The van der Waals surface area contributed by atoms with Crippen molar-refractivity contribution < 1.29 is 13.9 Å². The molecule has 1 aromatic carbocycles. The normalized spacial score (nSPS) is 22.3. The molecule has 1 fully saturated rings. The minimum Gasteiger partial charge on any atom is -0.367 e. The first-order valence-electron chi connectivity index (χ1n) is 6.20. The molecule has 1 aliphatic rings. The number of carbonyl (C=O) groups is 1. The fraction of sp³-hybridized carbons (Fsp3) is 0.500. The molecule has 0 aromatic heterocycles. The van der Waals surface area contributed by atoms with Gasteiger partial charge in [0, 0.05) is 18.7 Å². The molecule has 5 heteroatoms. The molecule has 1 aliphatic heterocycles. The van der Waals surface area contributed by atoms with Crippen LogP contribution in [0.2, 0.25) is 0 Å². The van der Waals surface area contributed by atoms with Crippen LogP contribution in [0.15, 0.2) is 24.3 Å². The molecule has 1 amide bonds. The molecular weight excluding hydrogens is 269 g/mol. The summed E-state index contributed by atoms with van der Waals surface area (Å²) in [6, 6.07) is 5.72. The summed E-state index contributed by atoms with van der Waals surface area (Å²) in [4.78, 5) is 14.0. The number of nitrogens with zero attached hydrogens (tertiary/aromatic N) is 1. The van der Waals surface area contributed by atoms with E-state index < -0.39 is 11.4 Å². The van der Waals surface area contributed by atoms with E-state index >= 15 is 0 Å². The fourth-order valence-corrected chi connectivity index (χ4v) is 2.50. The molecule has 0 radical (unpaired) electrons. The van der Waals surface area contributed by atoms with Gasteiger partial charge in [0.15, 0.2) is 0 Å². The van der Waals surface area contributed by atoms with Gasteiger partial charge in [-0.1, -0.05) is 6.07 Å². The molecule has 2 rings (SSSR count). The van der Waals surface area contributed by atoms with Gasteiger partial charge in [0.2, 0.25) is 0 Å². The smallest absolute Gasteiger partial charge is 0.254 e. The second-order valence-electron chi connectivity index (χ2n) is 5.35. The standard InChI is InChI=1S/C14H17ClFNO2/c1-14(2)9-17(8-12(7-15)19-14)13(18)10-4-3-5-11(16)6-10/h3-6,12H,7-9H2,1-2H3. The van der Waals surface area contributed by atoms with Gasteiger partial charge in [-0.25, -0.2) is 4.39 Å². The molecule has 104 valence electrons. The molecule has 0 saturated carbocycles. The van der Waals surface area contributed by atoms with Crippen LogP contribution in [0.25, 0.3) is 0 Å². The van der Waals surface area contributed by atoms with E-state index in [2.05, 4.69) is 0 Å². The van der Waals surface area contributed by atoms with E-state index in [9.17, 15) is 9.18 Å². The maximum absolute atomic E-state index is 13.2. The van der Waals surface area contributed by atoms with Crippen molar-refractivity contribution >= 4 is 17.5 Å². The fourth-order valence-electron chi connectivity index (χ4n) is 2.33. The van der Waals surface area contributed by atoms with Crippen LogP contribution in [0.3, 0.4) is 0 Å². The number of rotatable bonds is 2. The van der Waals surface area contributed by atoms with E-state index in [1.54, 1.807) is 11.0 Å². The monoisotopic (exact) mass is 285 g/mol. The number of hydrogen-bond donors (Lipinski definition) is 0. The van der Waals surface area contributed by atoms with Crippen LogP contribution in [0, 0.1) is 5.82 Å². The van der Waals surface area contributed by atoms with Crippen molar-refractivity contribution in [2.45, 2.75) is 25.6 Å². The zero-order chi connectivity index (χ0) is 14.0. The summed E-state index contributed by atoms with van der Waals surface area (Å²) in [5.74, 6) is -0.269. The van der Waals surface area contributed by atoms with E-state index in [1.165, 1.54) is 18.2 Å². The Hall–Kier alpha value is -1.13. The molecule has 3 nitrogen and oxygen atoms in total. The largest absolute Gasteiger partial charge is 0.367 e. The minimum absolute atomic E-state index is 0.189. The van der Waals surface area contributed by atoms with Crippen molar-refractivity contribution in [3.05, 3.63) is 35.6 Å². The Morgan fingerprint density at radius 2 is 2.32 bits per heavy atom. The van der Waals surface area contributed by atoms with Crippen LogP contribution in [-0.2, 0) is 4.74 Å². The highest BCUT2D eigenvalue weighted by Gasteiger charge is 2.35. The Labute approximate surface area is 117 Å². The van der Waals surface area contributed by atoms with E-state index in [0.717, 1.165) is 0 Å². The average molecular weight is 286 g/mol. The maximum atomic E-state index is 13.2. The molecule has 0 bridgehead atoms. The summed E-state index contributed by atoms with van der Waals surface area (Å²) in [5, 5.41) is 0. The lowest BCUT2D eigenvalue weighted by Crippen LogP contribution is -2.55. The first-order valence-corrected chi connectivity index (χ1v) is 6.73. The van der Waals surface area contributed by atoms with Crippen molar-refractivity contribution in [3.8, 4) is 0 Å². The molecule has 19 heavy (non-hydrogen) atoms. The summed E-state index contributed by atoms with van der Waals surface area (Å²) in [7, 11) is 0. The Morgan fingerprint density at radius 1 is 1.58 bits per heavy atom. The third-order valence-corrected chi connectivity index (χ3v) is 3.36. The molecule has 1 unspecified atom stereocenters. The predicted molar refractivity (Wildman–Crippen MR) is 72.0 cm³/mol. The number of amides is 1. The van der Waals surface area contributed by atoms with Gasteiger partial charge in [0.1, 0.15) is 5.82 Å². The molecule has 0 spiro atoms. The van der Waals surface area contributed by atoms with E-state index in [0.29, 0.717) is 24.5 Å². The van der Waals surface area contributed by atoms with Gasteiger partial charge in [-0.3, -0.25) is 4.79 Å². The summed E-state index contributed by atoms with van der Waals surface area (Å²) in [5.41, 5.74) is -0.0909. The van der Waals surface area contributed by atoms with E-state index in [1.807, 2.05) is 13.8 Å². The number of ether oxygens (including phenoxy) is 1. The molecule has 1 heterocycles. The van der Waals surface area contributed by atoms with Crippen LogP contribution in [-0.4, -0.2) is 41.5 Å². The molecule has 1 atom stereocenters. The number of hydrogen-bond acceptors (Lipinski definition) is 2. The number of carbonyl (C=O) groups excluding carboxylic acids is 1. The molecule has 0 N–H and O–H groups in total. The van der Waals surface area contributed by atoms with Crippen molar-refractivity contribution in [3.63, 3.8) is 0 Å². The number of halogens is 2. The third kappa shape index (κ3) is 3.45. The quantitative estimate of drug-likeness (QED) is 0.782. The summed E-state index contributed by atoms with van der Waals surface area (Å²) in [6.07, 6.45) is -0.192. The maximum Gasteiger partial charge on any atom is 0.254 e. The summed E-state index contributed by atoms with van der Waals surface area (Å²) in [6.45, 7) is 4.73. The van der Waals surface area contributed by atoms with Gasteiger partial charge in [-0.15, -0.1) is 11.6 Å². The van der Waals surface area contributed by atoms with Crippen molar-refractivity contribution in [2.75, 3.05) is 19.0 Å². The SMILES string of the molecule is CC1(C)CN(C(=O)c2cccc(F)c2)CC(CCl)O1. The van der Waals surface area contributed by atoms with Crippen molar-refractivity contribution in [1.82, 2.24) is 4.90 Å². The number of benzene rings is 1. The topological polar surface area (TPSA) is 29.5 Å². The summed E-state index contributed by atoms with van der Waals surface area (Å²) < 4.78 is 18.9. The Bertz CT molecular complexity index is 478. The Kier molecular flexibility index (Phi) is 4.11. The zero-order valence-corrected chi connectivity index (χ0v) is 11.8. The number of morpholine rings is 1. The van der Waals surface area contributed by atoms with Gasteiger partial charge >= 0.3 is 0 Å². The van der Waals surface area contributed by atoms with Crippen LogP contribution < -0.4 is 0 Å². The van der Waals surface area contributed by atoms with Crippen LogP contribution in [0.1, 0.15) is 24.2 Å². The minimum atomic E-state index is -0.444. The van der Waals surface area contributed by atoms with Gasteiger partial charge in [0.05, 0.1) is 17.6 Å². The first-order chi connectivity index (χ1) is 8.91. The molecule has 0 aliphatic carbocycles. The molecule has 1 aromatic rings. The Morgan fingerprint density at radius 3 is 2.95 bits per heavy atom. The third-order valence-electron chi connectivity index (χ3n) is 3.01. The first kappa shape index (κ1) is 14.3. The highest BCUT2D eigenvalue weighted by Crippen LogP contribution is 2.23. The van der Waals surface area contributed by atoms with Crippen molar-refractivity contribution in [1.29, 1.82) is 0 Å². The van der Waals surface area contributed by atoms with Gasteiger partial charge in [0.25, 0.3) is 5.91 Å². The van der Waals surface area contributed by atoms with E-state index in [4.69, 9.17) is 16.3 Å². The molecular formula is C14H17ClFNO2. The molecule has 1 saturated heterocycles. The summed E-state index contributed by atoms with van der Waals surface area (Å²) >= 11 is 5.83. The average Bonchev–Trinajstić information content (AvgIpc) is 2.36. The second kappa shape index (κ2) is 5.47. The van der Waals surface area contributed by atoms with Crippen molar-refractivity contribution in [2.24, 2.45) is 0 Å². The van der Waals surface area contributed by atoms with E-state index in [-0.39, 0.29) is 12.0 Å². The lowest BCUT2D eigenvalue weighted by Gasteiger charge is -2.42. The van der Waals surface area contributed by atoms with Gasteiger partial charge in [-0.05, 0) is 32.0 Å². The lowest BCUT2D eigenvalue weighted by atomic mass is 10.0. The highest BCUT2D eigenvalue weighted by atomic mass is 35.5. The van der Waals surface area contributed by atoms with Crippen LogP contribution >= 0.6 is 11.6 Å². The van der Waals surface area contributed by atoms with Crippen LogP contribution in [0.5, 0.6) is 0 Å². The van der Waals surface area contributed by atoms with Gasteiger partial charge < -0.3 is 9.64 Å². The highest BCUT2D eigenvalue weighted by molar-refractivity contribution is 6.18. The van der Waals surface area contributed by atoms with Crippen LogP contribution in [0.4, 0.5) is 4.39 Å². The lowest BCUT2D eigenvalue weighted by molar-refractivity contribution is -0.117. The zero-order valence-electron chi connectivity index (χ0n) is 11.0. The second-order valence-corrected chi connectivity index (χ2v) is 5.66. The number of alkyl halides is 1.